The van der Waals surface area contributed by atoms with Crippen molar-refractivity contribution in [2.45, 2.75) is 30.4 Å². The molecule has 5 aromatic rings. The molecule has 3 aromatic heterocycles. The summed E-state index contributed by atoms with van der Waals surface area (Å²) in [6, 6.07) is 17.2. The van der Waals surface area contributed by atoms with E-state index in [0.29, 0.717) is 27.9 Å². The lowest BCUT2D eigenvalue weighted by Crippen LogP contribution is -2.36. The SMILES string of the molecule is Cn1cc(Cc2cn(CC(=O)N(CCO)Cc3ccc(-c4ccc(Cl)cc4)nc3)c(SCc3ccc(F)cc3)nc2=O)cn1. The minimum absolute atomic E-state index is 0.102. The summed E-state index contributed by atoms with van der Waals surface area (Å²) in [5, 5.41) is 14.9. The van der Waals surface area contributed by atoms with Crippen molar-refractivity contribution in [3.63, 3.8) is 0 Å². The first-order valence-corrected chi connectivity index (χ1v) is 15.2. The molecule has 0 bridgehead atoms. The van der Waals surface area contributed by atoms with Gasteiger partial charge in [0.1, 0.15) is 12.4 Å². The van der Waals surface area contributed by atoms with E-state index >= 15 is 0 Å². The molecule has 0 atom stereocenters. The van der Waals surface area contributed by atoms with Gasteiger partial charge in [-0.15, -0.1) is 0 Å². The molecule has 1 amide bonds. The zero-order valence-corrected chi connectivity index (χ0v) is 25.5. The predicted molar refractivity (Wildman–Crippen MR) is 168 cm³/mol. The van der Waals surface area contributed by atoms with Crippen LogP contribution in [0.5, 0.6) is 0 Å². The highest BCUT2D eigenvalue weighted by atomic mass is 35.5. The van der Waals surface area contributed by atoms with Crippen LogP contribution in [0.3, 0.4) is 0 Å². The van der Waals surface area contributed by atoms with Crippen LogP contribution in [0, 0.1) is 5.82 Å². The molecule has 0 saturated carbocycles. The first kappa shape index (κ1) is 31.1. The lowest BCUT2D eigenvalue weighted by molar-refractivity contribution is -0.133. The summed E-state index contributed by atoms with van der Waals surface area (Å²) >= 11 is 7.28. The number of nitrogens with zero attached hydrogens (tertiary/aromatic N) is 6. The number of aliphatic hydroxyl groups is 1. The second kappa shape index (κ2) is 14.4. The molecule has 3 heterocycles. The number of halogens is 2. The van der Waals surface area contributed by atoms with Crippen molar-refractivity contribution in [2.75, 3.05) is 13.2 Å². The van der Waals surface area contributed by atoms with Gasteiger partial charge >= 0.3 is 0 Å². The topological polar surface area (TPSA) is 106 Å². The van der Waals surface area contributed by atoms with Crippen LogP contribution in [0.4, 0.5) is 4.39 Å². The first-order chi connectivity index (χ1) is 21.3. The Morgan fingerprint density at radius 2 is 1.75 bits per heavy atom. The number of aliphatic hydroxyl groups excluding tert-OH is 1. The zero-order valence-electron chi connectivity index (χ0n) is 23.9. The predicted octanol–water partition coefficient (Wildman–Crippen LogP) is 4.74. The smallest absolute Gasteiger partial charge is 0.277 e. The number of pyridine rings is 1. The Hall–Kier alpha value is -4.32. The van der Waals surface area contributed by atoms with Gasteiger partial charge in [-0.25, -0.2) is 4.39 Å². The van der Waals surface area contributed by atoms with Gasteiger partial charge in [-0.1, -0.05) is 53.7 Å². The third kappa shape index (κ3) is 8.19. The Bertz CT molecular complexity index is 1780. The van der Waals surface area contributed by atoms with Gasteiger partial charge < -0.3 is 14.6 Å². The molecule has 0 fully saturated rings. The molecule has 1 N–H and O–H groups in total. The van der Waals surface area contributed by atoms with Gasteiger partial charge in [0.2, 0.25) is 5.91 Å². The monoisotopic (exact) mass is 632 g/mol. The van der Waals surface area contributed by atoms with Crippen molar-refractivity contribution >= 4 is 29.3 Å². The number of hydrogen-bond acceptors (Lipinski definition) is 7. The highest BCUT2D eigenvalue weighted by molar-refractivity contribution is 7.98. The van der Waals surface area contributed by atoms with Gasteiger partial charge in [-0.3, -0.25) is 19.3 Å². The minimum atomic E-state index is -0.391. The Morgan fingerprint density at radius 1 is 1.00 bits per heavy atom. The van der Waals surface area contributed by atoms with Crippen molar-refractivity contribution < 1.29 is 14.3 Å². The molecule has 9 nitrogen and oxygen atoms in total. The molecule has 2 aromatic carbocycles. The molecule has 44 heavy (non-hydrogen) atoms. The molecule has 0 aliphatic rings. The number of thioether (sulfide) groups is 1. The third-order valence-electron chi connectivity index (χ3n) is 6.83. The van der Waals surface area contributed by atoms with Gasteiger partial charge in [0.15, 0.2) is 5.16 Å². The molecule has 226 valence electrons. The lowest BCUT2D eigenvalue weighted by Gasteiger charge is -2.23. The van der Waals surface area contributed by atoms with Crippen LogP contribution >= 0.6 is 23.4 Å². The first-order valence-electron chi connectivity index (χ1n) is 13.8. The second-order valence-electron chi connectivity index (χ2n) is 10.2. The molecule has 0 radical (unpaired) electrons. The van der Waals surface area contributed by atoms with Crippen molar-refractivity contribution in [2.24, 2.45) is 7.05 Å². The van der Waals surface area contributed by atoms with Crippen molar-refractivity contribution in [1.29, 1.82) is 0 Å². The van der Waals surface area contributed by atoms with Gasteiger partial charge in [-0.05, 0) is 47.0 Å². The van der Waals surface area contributed by atoms with Crippen LogP contribution in [-0.4, -0.2) is 53.4 Å². The van der Waals surface area contributed by atoms with E-state index in [1.807, 2.05) is 30.5 Å². The minimum Gasteiger partial charge on any atom is -0.395 e. The maximum Gasteiger partial charge on any atom is 0.277 e. The number of benzene rings is 2. The van der Waals surface area contributed by atoms with Crippen molar-refractivity contribution in [1.82, 2.24) is 29.2 Å². The average molecular weight is 633 g/mol. The fraction of sp³-hybridized carbons (Fsp3) is 0.219. The molecule has 5 rings (SSSR count). The summed E-state index contributed by atoms with van der Waals surface area (Å²) in [6.45, 7) is 0.0335. The van der Waals surface area contributed by atoms with E-state index < -0.39 is 5.56 Å². The number of hydrogen-bond donors (Lipinski definition) is 1. The number of carbonyl (C=O) groups excluding carboxylic acids is 1. The van der Waals surface area contributed by atoms with Crippen LogP contribution < -0.4 is 5.56 Å². The molecule has 0 aliphatic heterocycles. The van der Waals surface area contributed by atoms with E-state index in [1.54, 1.807) is 64.1 Å². The fourth-order valence-electron chi connectivity index (χ4n) is 4.57. The number of amides is 1. The Balaban J connectivity index is 1.36. The standard InChI is InChI=1S/C32H30ClFN6O3S/c1-38-17-24(16-36-38)14-26-19-40(32(37-31(26)43)44-21-22-2-9-28(34)10-3-22)20-30(42)39(12-13-41)18-23-4-11-29(35-15-23)25-5-7-27(33)8-6-25/h2-11,15-17,19,41H,12-14,18,20-21H2,1H3. The highest BCUT2D eigenvalue weighted by Gasteiger charge is 2.18. The largest absolute Gasteiger partial charge is 0.395 e. The van der Waals surface area contributed by atoms with Gasteiger partial charge in [0.25, 0.3) is 5.56 Å². The number of aromatic nitrogens is 5. The summed E-state index contributed by atoms with van der Waals surface area (Å²) in [5.74, 6) is -0.172. The Labute approximate surface area is 263 Å². The second-order valence-corrected chi connectivity index (χ2v) is 11.6. The maximum absolute atomic E-state index is 13.6. The van der Waals surface area contributed by atoms with E-state index in [4.69, 9.17) is 11.6 Å². The average Bonchev–Trinajstić information content (AvgIpc) is 3.43. The van der Waals surface area contributed by atoms with Gasteiger partial charge in [0, 0.05) is 67.1 Å². The van der Waals surface area contributed by atoms with Crippen LogP contribution in [0.25, 0.3) is 11.3 Å². The number of carbonyl (C=O) groups is 1. The fourth-order valence-corrected chi connectivity index (χ4v) is 5.62. The van der Waals surface area contributed by atoms with Crippen molar-refractivity contribution in [3.05, 3.63) is 129 Å². The summed E-state index contributed by atoms with van der Waals surface area (Å²) in [4.78, 5) is 37.1. The van der Waals surface area contributed by atoms with E-state index in [0.717, 1.165) is 27.9 Å². The normalized spacial score (nSPS) is 11.1. The van der Waals surface area contributed by atoms with Crippen LogP contribution in [-0.2, 0) is 37.1 Å². The van der Waals surface area contributed by atoms with E-state index in [-0.39, 0.29) is 38.0 Å². The molecular formula is C32H30ClFN6O3S. The summed E-state index contributed by atoms with van der Waals surface area (Å²) < 4.78 is 16.7. The van der Waals surface area contributed by atoms with Crippen LogP contribution in [0.2, 0.25) is 5.02 Å². The summed E-state index contributed by atoms with van der Waals surface area (Å²) in [7, 11) is 1.80. The lowest BCUT2D eigenvalue weighted by atomic mass is 10.1. The quantitative estimate of drug-likeness (QED) is 0.157. The van der Waals surface area contributed by atoms with E-state index in [2.05, 4.69) is 15.1 Å². The third-order valence-corrected chi connectivity index (χ3v) is 8.14. The number of aryl methyl sites for hydroxylation is 1. The Morgan fingerprint density at radius 3 is 2.41 bits per heavy atom. The molecule has 0 unspecified atom stereocenters. The zero-order chi connectivity index (χ0) is 31.1. The summed E-state index contributed by atoms with van der Waals surface area (Å²) in [5.41, 5.74) is 4.21. The maximum atomic E-state index is 13.6. The van der Waals surface area contributed by atoms with Crippen LogP contribution in [0.15, 0.2) is 95.4 Å². The molecule has 0 spiro atoms. The molecule has 0 saturated heterocycles. The molecule has 12 heteroatoms. The molecule has 0 aliphatic carbocycles. The van der Waals surface area contributed by atoms with Gasteiger partial charge in [0.05, 0.1) is 18.5 Å². The van der Waals surface area contributed by atoms with Crippen LogP contribution in [0.1, 0.15) is 22.3 Å². The molecular weight excluding hydrogens is 603 g/mol. The highest BCUT2D eigenvalue weighted by Crippen LogP contribution is 2.23. The van der Waals surface area contributed by atoms with E-state index in [9.17, 15) is 19.1 Å². The van der Waals surface area contributed by atoms with Crippen molar-refractivity contribution in [3.8, 4) is 11.3 Å². The van der Waals surface area contributed by atoms with E-state index in [1.165, 1.54) is 23.9 Å². The Kier molecular flexibility index (Phi) is 10.2. The van der Waals surface area contributed by atoms with Gasteiger partial charge in [-0.2, -0.15) is 10.1 Å². The summed E-state index contributed by atoms with van der Waals surface area (Å²) in [6.07, 6.45) is 7.18. The number of rotatable bonds is 12.